The van der Waals surface area contributed by atoms with Crippen LogP contribution in [-0.2, 0) is 50.6 Å². The predicted octanol–water partition coefficient (Wildman–Crippen LogP) is 8.24. The Kier molecular flexibility index (Phi) is 23.2. The highest BCUT2D eigenvalue weighted by Crippen LogP contribution is 2.30. The Labute approximate surface area is 528 Å². The molecular weight excluding hydrogens is 1230 g/mol. The Balaban J connectivity index is 0.000000235. The molecule has 0 spiro atoms. The fourth-order valence-electron chi connectivity index (χ4n) is 11.1. The van der Waals surface area contributed by atoms with Crippen LogP contribution >= 0.6 is 0 Å². The Bertz CT molecular complexity index is 3530. The predicted molar refractivity (Wildman–Crippen MR) is 333 cm³/mol. The third-order valence-electron chi connectivity index (χ3n) is 15.9. The molecule has 9 rings (SSSR count). The number of halogens is 6. The van der Waals surface area contributed by atoms with Gasteiger partial charge in [0, 0.05) is 138 Å². The summed E-state index contributed by atoms with van der Waals surface area (Å²) in [7, 11) is -6.46. The van der Waals surface area contributed by atoms with Crippen LogP contribution in [0, 0.1) is 22.5 Å². The maximum atomic E-state index is 15.3. The lowest BCUT2D eigenvalue weighted by molar-refractivity contribution is -0.131. The highest BCUT2D eigenvalue weighted by Gasteiger charge is 2.33. The van der Waals surface area contributed by atoms with Crippen LogP contribution < -0.4 is 15.1 Å². The Morgan fingerprint density at radius 1 is 0.549 bits per heavy atom. The number of carbonyl (C=O) groups excluding carboxylic acids is 4. The van der Waals surface area contributed by atoms with Gasteiger partial charge in [0.15, 0.2) is 25.5 Å². The van der Waals surface area contributed by atoms with Gasteiger partial charge in [0.1, 0.15) is 11.6 Å². The number of benzene rings is 4. The van der Waals surface area contributed by atoms with Gasteiger partial charge in [-0.3, -0.25) is 29.2 Å². The van der Waals surface area contributed by atoms with E-state index in [4.69, 9.17) is 4.42 Å². The Morgan fingerprint density at radius 3 is 1.33 bits per heavy atom. The summed E-state index contributed by atoms with van der Waals surface area (Å²) in [5, 5.41) is 8.65. The first-order chi connectivity index (χ1) is 42.9. The van der Waals surface area contributed by atoms with E-state index in [2.05, 4.69) is 71.3 Å². The fourth-order valence-corrected chi connectivity index (χ4v) is 13.5. The van der Waals surface area contributed by atoms with Crippen molar-refractivity contribution in [3.8, 4) is 11.5 Å². The van der Waals surface area contributed by atoms with Crippen LogP contribution in [0.2, 0.25) is 0 Å². The molecule has 0 aliphatic carbocycles. The smallest absolute Gasteiger partial charge is 0.324 e. The van der Waals surface area contributed by atoms with Crippen LogP contribution in [0.3, 0.4) is 0 Å². The minimum Gasteiger partial charge on any atom is -0.415 e. The van der Waals surface area contributed by atoms with E-state index in [-0.39, 0.29) is 101 Å². The second kappa shape index (κ2) is 30.2. The number of hydrogen-bond donors (Lipinski definition) is 1. The number of sulfone groups is 2. The number of Topliss-reactive ketones (excluding diaryl/α,β-unsaturated/α-hetero) is 1. The molecule has 0 saturated carbocycles. The number of rotatable bonds is 18. The van der Waals surface area contributed by atoms with Crippen molar-refractivity contribution >= 4 is 54.8 Å². The summed E-state index contributed by atoms with van der Waals surface area (Å²) in [5.74, 6) is -5.56. The first kappa shape index (κ1) is 69.9. The van der Waals surface area contributed by atoms with E-state index in [0.29, 0.717) is 11.4 Å². The van der Waals surface area contributed by atoms with E-state index in [9.17, 15) is 53.6 Å². The van der Waals surface area contributed by atoms with E-state index in [1.807, 2.05) is 36.4 Å². The number of amides is 5. The molecule has 4 saturated heterocycles. The van der Waals surface area contributed by atoms with E-state index in [0.717, 1.165) is 102 Å². The lowest BCUT2D eigenvalue weighted by atomic mass is 9.96. The van der Waals surface area contributed by atoms with Crippen molar-refractivity contribution in [3.05, 3.63) is 130 Å². The average molecular weight is 1310 g/mol. The molecule has 20 nitrogen and oxygen atoms in total. The zero-order valence-corrected chi connectivity index (χ0v) is 53.9. The molecule has 91 heavy (non-hydrogen) atoms. The van der Waals surface area contributed by atoms with Crippen molar-refractivity contribution in [2.45, 2.75) is 80.6 Å². The van der Waals surface area contributed by atoms with E-state index < -0.39 is 80.3 Å². The molecule has 4 fully saturated rings. The van der Waals surface area contributed by atoms with Crippen molar-refractivity contribution in [3.63, 3.8) is 0 Å². The van der Waals surface area contributed by atoms with E-state index >= 15 is 8.78 Å². The Morgan fingerprint density at radius 2 is 0.956 bits per heavy atom. The van der Waals surface area contributed by atoms with Crippen LogP contribution in [0.4, 0.5) is 47.3 Å². The van der Waals surface area contributed by atoms with Gasteiger partial charge < -0.3 is 29.3 Å². The van der Waals surface area contributed by atoms with Crippen molar-refractivity contribution in [2.75, 3.05) is 131 Å². The second-order valence-corrected chi connectivity index (χ2v) is 30.5. The first-order valence-corrected chi connectivity index (χ1v) is 33.9. The number of alkyl halides is 4. The third kappa shape index (κ3) is 20.5. The molecule has 4 aromatic carbocycles. The van der Waals surface area contributed by atoms with Gasteiger partial charge in [0.2, 0.25) is 5.89 Å². The van der Waals surface area contributed by atoms with Gasteiger partial charge in [0.25, 0.3) is 11.8 Å². The van der Waals surface area contributed by atoms with Crippen LogP contribution in [0.15, 0.2) is 89.3 Å². The molecule has 0 bridgehead atoms. The summed E-state index contributed by atoms with van der Waals surface area (Å²) in [6.45, 7) is 23.9. The summed E-state index contributed by atoms with van der Waals surface area (Å²) in [6.07, 6.45) is -6.23. The normalized spacial score (nSPS) is 17.8. The van der Waals surface area contributed by atoms with Gasteiger partial charge >= 0.3 is 24.9 Å². The maximum Gasteiger partial charge on any atom is 0.324 e. The number of carbonyl (C=O) groups is 4. The molecular formula is C63H81F6N11O9S2. The van der Waals surface area contributed by atoms with Gasteiger partial charge in [-0.1, -0.05) is 84.0 Å². The van der Waals surface area contributed by atoms with Crippen molar-refractivity contribution in [2.24, 2.45) is 10.8 Å². The number of ketones is 1. The van der Waals surface area contributed by atoms with Crippen molar-refractivity contribution in [1.82, 2.24) is 44.9 Å². The van der Waals surface area contributed by atoms with E-state index in [1.54, 1.807) is 17.4 Å². The Hall–Kier alpha value is -6.98. The quantitative estimate of drug-likeness (QED) is 0.0646. The minimum atomic E-state index is -3.28. The topological polar surface area (TPSA) is 213 Å². The summed E-state index contributed by atoms with van der Waals surface area (Å²) in [6, 6.07) is 21.6. The molecule has 0 atom stereocenters. The SMILES string of the molecule is CC(C)(C)CN1CCN(Cc2ccc(N(Cc3ccc(-c4nnc(C(F)F)o4)cc3F)C(=O)N3CCS(=O)(=O)CC3)cc2)CC1.CC(C)(C)CN1CCN(Cc2ccc(N(Cc3ccc(C(=O)CNC(=O)C(F)F)cc3F)C(=O)N3CCS(=O)(=O)CC3)cc2)CC1. The molecule has 0 unspecified atom stereocenters. The molecule has 4 aliphatic heterocycles. The van der Waals surface area contributed by atoms with Gasteiger partial charge in [-0.25, -0.2) is 35.2 Å². The monoisotopic (exact) mass is 1310 g/mol. The summed E-state index contributed by atoms with van der Waals surface area (Å²) in [5.41, 5.74) is 3.91. The maximum absolute atomic E-state index is 15.3. The van der Waals surface area contributed by atoms with Crippen LogP contribution in [-0.4, -0.2) is 208 Å². The number of aromatic nitrogens is 2. The lowest BCUT2D eigenvalue weighted by Crippen LogP contribution is -2.49. The lowest BCUT2D eigenvalue weighted by Gasteiger charge is -2.38. The molecule has 496 valence electrons. The number of piperazine rings is 2. The number of urea groups is 2. The molecule has 5 aromatic rings. The van der Waals surface area contributed by atoms with Gasteiger partial charge in [-0.2, -0.15) is 17.6 Å². The third-order valence-corrected chi connectivity index (χ3v) is 19.1. The number of nitrogens with one attached hydrogen (secondary N) is 1. The molecule has 5 amide bonds. The minimum absolute atomic E-state index is 0.0111. The molecule has 28 heteroatoms. The second-order valence-electron chi connectivity index (χ2n) is 25.9. The zero-order valence-electron chi connectivity index (χ0n) is 52.2. The summed E-state index contributed by atoms with van der Waals surface area (Å²) < 4.78 is 134. The highest BCUT2D eigenvalue weighted by molar-refractivity contribution is 7.91. The zero-order chi connectivity index (χ0) is 66.0. The number of hydrogen-bond acceptors (Lipinski definition) is 15. The standard InChI is InChI=1S/C32H42F3N5O5S.C31H39F3N6O4S/c1-32(2,3)22-38-12-10-37(11-13-38)20-23-4-8-26(9-5-23)40(31(43)39-14-16-46(44,45)17-15-39)21-25-7-6-24(18-27(25)33)28(41)19-36-30(42)29(34)35;1-31(2,3)21-38-12-10-37(11-13-38)19-22-4-8-25(9-5-22)40(30(41)39-14-16-45(42,43)17-15-39)20-24-7-6-23(18-26(24)32)28-35-36-29(44-28)27(33)34/h4-9,18,29H,10-17,19-22H2,1-3H3,(H,36,42);4-9,18,27H,10-17,19-21H2,1-3H3. The molecule has 0 radical (unpaired) electrons. The highest BCUT2D eigenvalue weighted by atomic mass is 32.2. The number of nitrogens with zero attached hydrogens (tertiary/aromatic N) is 10. The van der Waals surface area contributed by atoms with Gasteiger partial charge in [-0.15, -0.1) is 10.2 Å². The largest absolute Gasteiger partial charge is 0.415 e. The van der Waals surface area contributed by atoms with Crippen molar-refractivity contribution < 1.29 is 66.8 Å². The van der Waals surface area contributed by atoms with Crippen LogP contribution in [0.25, 0.3) is 11.5 Å². The summed E-state index contributed by atoms with van der Waals surface area (Å²) >= 11 is 0. The molecule has 1 N–H and O–H groups in total. The van der Waals surface area contributed by atoms with Gasteiger partial charge in [0.05, 0.1) is 42.6 Å². The van der Waals surface area contributed by atoms with Crippen molar-refractivity contribution in [1.29, 1.82) is 0 Å². The van der Waals surface area contributed by atoms with Gasteiger partial charge in [-0.05, 0) is 64.4 Å². The molecule has 5 heterocycles. The molecule has 1 aromatic heterocycles. The molecule has 4 aliphatic rings. The first-order valence-electron chi connectivity index (χ1n) is 30.3. The summed E-state index contributed by atoms with van der Waals surface area (Å²) in [4.78, 5) is 66.3. The average Bonchev–Trinajstić information content (AvgIpc) is 2.34. The fraction of sp³-hybridized carbons (Fsp3) is 0.524. The van der Waals surface area contributed by atoms with E-state index in [1.165, 1.54) is 43.9 Å². The van der Waals surface area contributed by atoms with Crippen LogP contribution in [0.5, 0.6) is 0 Å². The van der Waals surface area contributed by atoms with Crippen LogP contribution in [0.1, 0.15) is 86.5 Å². The number of anilines is 2.